The standard InChI is InChI=1S/C8H8BF3.2H2O/c1-9(8(10,11)12)7-5-3-2-4-6-7;;/h2-6H,1H3;2*1H2. The summed E-state index contributed by atoms with van der Waals surface area (Å²) in [4.78, 5) is 0. The van der Waals surface area contributed by atoms with Gasteiger partial charge in [-0.25, -0.2) is 0 Å². The van der Waals surface area contributed by atoms with Crippen LogP contribution in [0, 0.1) is 0 Å². The number of benzene rings is 1. The van der Waals surface area contributed by atoms with Crippen LogP contribution in [0.5, 0.6) is 0 Å². The highest BCUT2D eigenvalue weighted by molar-refractivity contribution is 6.73. The molecule has 0 fully saturated rings. The molecule has 0 atom stereocenters. The second kappa shape index (κ2) is 5.67. The number of hydrogen-bond acceptors (Lipinski definition) is 0. The maximum atomic E-state index is 12.1. The first-order valence-corrected chi connectivity index (χ1v) is 3.63. The Labute approximate surface area is 80.4 Å². The normalized spacial score (nSPS) is 9.71. The predicted octanol–water partition coefficient (Wildman–Crippen LogP) is 0.470. The van der Waals surface area contributed by atoms with Crippen molar-refractivity contribution < 1.29 is 24.1 Å². The lowest BCUT2D eigenvalue weighted by atomic mass is 9.46. The quantitative estimate of drug-likeness (QED) is 0.602. The van der Waals surface area contributed by atoms with E-state index in [0.717, 1.165) is 6.82 Å². The largest absolute Gasteiger partial charge is 0.412 e. The highest BCUT2D eigenvalue weighted by Crippen LogP contribution is 2.18. The molecule has 1 aromatic rings. The van der Waals surface area contributed by atoms with E-state index in [2.05, 4.69) is 0 Å². The Morgan fingerprint density at radius 2 is 1.43 bits per heavy atom. The Morgan fingerprint density at radius 1 is 1.00 bits per heavy atom. The second-order valence-corrected chi connectivity index (χ2v) is 2.67. The molecule has 80 valence electrons. The van der Waals surface area contributed by atoms with Gasteiger partial charge in [-0.15, -0.1) is 0 Å². The zero-order chi connectivity index (χ0) is 9.19. The fourth-order valence-corrected chi connectivity index (χ4v) is 0.931. The third-order valence-corrected chi connectivity index (χ3v) is 1.79. The molecular weight excluding hydrogens is 196 g/mol. The average Bonchev–Trinajstić information content (AvgIpc) is 2.03. The summed E-state index contributed by atoms with van der Waals surface area (Å²) in [6.07, 6.45) is -4.14. The molecule has 0 radical (unpaired) electrons. The van der Waals surface area contributed by atoms with Crippen molar-refractivity contribution in [3.63, 3.8) is 0 Å². The van der Waals surface area contributed by atoms with Crippen LogP contribution in [0.4, 0.5) is 13.2 Å². The smallest absolute Gasteiger partial charge is 0.350 e. The topological polar surface area (TPSA) is 63.0 Å². The molecule has 0 aliphatic rings. The van der Waals surface area contributed by atoms with E-state index in [-0.39, 0.29) is 11.0 Å². The minimum Gasteiger partial charge on any atom is -0.412 e. The van der Waals surface area contributed by atoms with Crippen molar-refractivity contribution in [2.75, 3.05) is 0 Å². The summed E-state index contributed by atoms with van der Waals surface area (Å²) >= 11 is 0. The monoisotopic (exact) mass is 208 g/mol. The van der Waals surface area contributed by atoms with Gasteiger partial charge in [0.25, 0.3) is 0 Å². The number of halogens is 3. The molecule has 2 nitrogen and oxygen atoms in total. The highest BCUT2D eigenvalue weighted by atomic mass is 19.4. The third-order valence-electron chi connectivity index (χ3n) is 1.79. The van der Waals surface area contributed by atoms with Crippen LogP contribution in [-0.2, 0) is 0 Å². The van der Waals surface area contributed by atoms with Crippen LogP contribution in [0.1, 0.15) is 0 Å². The first kappa shape index (κ1) is 15.5. The summed E-state index contributed by atoms with van der Waals surface area (Å²) in [7, 11) is 0. The van der Waals surface area contributed by atoms with Crippen molar-refractivity contribution in [2.45, 2.75) is 12.9 Å². The molecule has 14 heavy (non-hydrogen) atoms. The maximum absolute atomic E-state index is 12.1. The maximum Gasteiger partial charge on any atom is 0.350 e. The molecular formula is C8H12BF3O2. The zero-order valence-electron chi connectivity index (χ0n) is 7.60. The van der Waals surface area contributed by atoms with Gasteiger partial charge in [-0.3, -0.25) is 0 Å². The Hall–Kier alpha value is -1.01. The van der Waals surface area contributed by atoms with Gasteiger partial charge in [0.05, 0.1) is 0 Å². The van der Waals surface area contributed by atoms with Crippen LogP contribution in [0.25, 0.3) is 0 Å². The SMILES string of the molecule is CB(c1ccccc1)C(F)(F)F.O.O. The molecule has 0 aliphatic carbocycles. The van der Waals surface area contributed by atoms with Crippen molar-refractivity contribution >= 4 is 12.2 Å². The van der Waals surface area contributed by atoms with Gasteiger partial charge < -0.3 is 11.0 Å². The van der Waals surface area contributed by atoms with E-state index in [0.29, 0.717) is 5.46 Å². The van der Waals surface area contributed by atoms with E-state index in [1.54, 1.807) is 18.2 Å². The van der Waals surface area contributed by atoms with Crippen molar-refractivity contribution in [3.8, 4) is 0 Å². The number of rotatable bonds is 1. The molecule has 0 unspecified atom stereocenters. The van der Waals surface area contributed by atoms with Gasteiger partial charge in [-0.2, -0.15) is 13.2 Å². The van der Waals surface area contributed by atoms with Crippen molar-refractivity contribution in [2.24, 2.45) is 0 Å². The molecule has 0 saturated heterocycles. The molecule has 0 saturated carbocycles. The molecule has 1 rings (SSSR count). The molecule has 0 bridgehead atoms. The Kier molecular flexibility index (Phi) is 6.26. The van der Waals surface area contributed by atoms with Crippen LogP contribution < -0.4 is 5.46 Å². The molecule has 4 N–H and O–H groups in total. The molecule has 0 heterocycles. The van der Waals surface area contributed by atoms with Gasteiger partial charge in [-0.1, -0.05) is 42.6 Å². The highest BCUT2D eigenvalue weighted by Gasteiger charge is 2.40. The fraction of sp³-hybridized carbons (Fsp3) is 0.250. The van der Waals surface area contributed by atoms with Crippen LogP contribution in [0.3, 0.4) is 0 Å². The van der Waals surface area contributed by atoms with Crippen LogP contribution in [-0.4, -0.2) is 23.7 Å². The van der Waals surface area contributed by atoms with E-state index in [4.69, 9.17) is 0 Å². The Morgan fingerprint density at radius 3 is 1.79 bits per heavy atom. The van der Waals surface area contributed by atoms with Gasteiger partial charge in [-0.05, 0) is 0 Å². The summed E-state index contributed by atoms with van der Waals surface area (Å²) in [6, 6.07) is 7.89. The molecule has 1 aromatic carbocycles. The predicted molar refractivity (Wildman–Crippen MR) is 51.0 cm³/mol. The van der Waals surface area contributed by atoms with Gasteiger partial charge in [0.15, 0.2) is 0 Å². The zero-order valence-corrected chi connectivity index (χ0v) is 7.60. The van der Waals surface area contributed by atoms with Gasteiger partial charge >= 0.3 is 12.8 Å². The van der Waals surface area contributed by atoms with Gasteiger partial charge in [0.2, 0.25) is 0 Å². The van der Waals surface area contributed by atoms with Gasteiger partial charge in [0.1, 0.15) is 0 Å². The first-order chi connectivity index (χ1) is 5.52. The minimum absolute atomic E-state index is 0. The molecule has 0 spiro atoms. The first-order valence-electron chi connectivity index (χ1n) is 3.63. The lowest BCUT2D eigenvalue weighted by Crippen LogP contribution is -2.41. The van der Waals surface area contributed by atoms with Crippen LogP contribution in [0.15, 0.2) is 30.3 Å². The Bertz CT molecular complexity index is 251. The fourth-order valence-electron chi connectivity index (χ4n) is 0.931. The van der Waals surface area contributed by atoms with Crippen molar-refractivity contribution in [1.29, 1.82) is 0 Å². The molecule has 0 amide bonds. The van der Waals surface area contributed by atoms with E-state index < -0.39 is 12.8 Å². The van der Waals surface area contributed by atoms with Crippen molar-refractivity contribution in [1.82, 2.24) is 0 Å². The van der Waals surface area contributed by atoms with Crippen LogP contribution >= 0.6 is 0 Å². The van der Waals surface area contributed by atoms with Gasteiger partial charge in [0, 0.05) is 0 Å². The molecule has 0 aliphatic heterocycles. The minimum atomic E-state index is -4.14. The van der Waals surface area contributed by atoms with Crippen LogP contribution in [0.2, 0.25) is 6.82 Å². The average molecular weight is 208 g/mol. The van der Waals surface area contributed by atoms with E-state index in [9.17, 15) is 13.2 Å². The lowest BCUT2D eigenvalue weighted by Gasteiger charge is -2.11. The number of alkyl halides is 3. The van der Waals surface area contributed by atoms with E-state index in [1.165, 1.54) is 12.1 Å². The Balaban J connectivity index is 0. The molecule has 6 heteroatoms. The van der Waals surface area contributed by atoms with Crippen molar-refractivity contribution in [3.05, 3.63) is 30.3 Å². The summed E-state index contributed by atoms with van der Waals surface area (Å²) in [6.45, 7) is -0.214. The summed E-state index contributed by atoms with van der Waals surface area (Å²) in [5.74, 6) is 0. The van der Waals surface area contributed by atoms with E-state index in [1.807, 2.05) is 0 Å². The summed E-state index contributed by atoms with van der Waals surface area (Å²) in [5, 5.41) is 0. The second-order valence-electron chi connectivity index (χ2n) is 2.67. The molecule has 0 aromatic heterocycles. The third kappa shape index (κ3) is 3.80. The summed E-state index contributed by atoms with van der Waals surface area (Å²) < 4.78 is 36.4. The lowest BCUT2D eigenvalue weighted by molar-refractivity contribution is -0.0494. The number of hydrogen-bond donors (Lipinski definition) is 0. The van der Waals surface area contributed by atoms with E-state index >= 15 is 0 Å². The summed E-state index contributed by atoms with van der Waals surface area (Å²) in [5.41, 5.74) is 0.310.